The summed E-state index contributed by atoms with van der Waals surface area (Å²) < 4.78 is 24.6. The first-order valence-corrected chi connectivity index (χ1v) is 11.5. The fraction of sp³-hybridized carbons (Fsp3) is 0.346. The quantitative estimate of drug-likeness (QED) is 0.410. The van der Waals surface area contributed by atoms with E-state index in [0.29, 0.717) is 5.92 Å². The molecule has 0 amide bonds. The summed E-state index contributed by atoms with van der Waals surface area (Å²) in [4.78, 5) is 12.0. The first kappa shape index (κ1) is 20.4. The molecule has 0 radical (unpaired) electrons. The first-order valence-electron chi connectivity index (χ1n) is 11.5. The van der Waals surface area contributed by atoms with Crippen LogP contribution >= 0.6 is 0 Å². The summed E-state index contributed by atoms with van der Waals surface area (Å²) in [5, 5.41) is 5.17. The SMILES string of the molecule is COc1cc(-c2c[nH]c([C@H]3Cc4c([nH]c5ccccc45)C(C4CCOCC4)N3)n2)ccc1F. The molecule has 1 fully saturated rings. The molecule has 2 aromatic carbocycles. The van der Waals surface area contributed by atoms with Crippen molar-refractivity contribution >= 4 is 10.9 Å². The molecule has 1 unspecified atom stereocenters. The van der Waals surface area contributed by atoms with Crippen molar-refractivity contribution in [2.24, 2.45) is 5.92 Å². The molecule has 33 heavy (non-hydrogen) atoms. The van der Waals surface area contributed by atoms with Gasteiger partial charge in [0.1, 0.15) is 5.82 Å². The Kier molecular flexibility index (Phi) is 5.15. The highest BCUT2D eigenvalue weighted by Crippen LogP contribution is 2.41. The summed E-state index contributed by atoms with van der Waals surface area (Å²) >= 11 is 0. The minimum atomic E-state index is -0.378. The molecular formula is C26H27FN4O2. The van der Waals surface area contributed by atoms with E-state index in [2.05, 4.69) is 39.6 Å². The molecule has 4 heterocycles. The smallest absolute Gasteiger partial charge is 0.165 e. The van der Waals surface area contributed by atoms with E-state index < -0.39 is 0 Å². The van der Waals surface area contributed by atoms with Crippen LogP contribution in [0, 0.1) is 11.7 Å². The minimum Gasteiger partial charge on any atom is -0.494 e. The fourth-order valence-corrected chi connectivity index (χ4v) is 5.35. The molecule has 6 rings (SSSR count). The Morgan fingerprint density at radius 1 is 1.12 bits per heavy atom. The van der Waals surface area contributed by atoms with Crippen LogP contribution in [0.5, 0.6) is 5.75 Å². The lowest BCUT2D eigenvalue weighted by molar-refractivity contribution is 0.0497. The van der Waals surface area contributed by atoms with Crippen molar-refractivity contribution in [2.45, 2.75) is 31.3 Å². The predicted octanol–water partition coefficient (Wildman–Crippen LogP) is 5.06. The van der Waals surface area contributed by atoms with Crippen LogP contribution in [0.15, 0.2) is 48.7 Å². The van der Waals surface area contributed by atoms with E-state index in [0.717, 1.165) is 49.6 Å². The van der Waals surface area contributed by atoms with Gasteiger partial charge in [0.15, 0.2) is 11.6 Å². The average Bonchev–Trinajstić information content (AvgIpc) is 3.50. The average molecular weight is 447 g/mol. The Bertz CT molecular complexity index is 1290. The second-order valence-corrected chi connectivity index (χ2v) is 8.93. The van der Waals surface area contributed by atoms with Gasteiger partial charge < -0.3 is 19.4 Å². The molecule has 4 aromatic rings. The first-order chi connectivity index (χ1) is 16.2. The Labute approximate surface area is 191 Å². The highest BCUT2D eigenvalue weighted by atomic mass is 19.1. The molecule has 2 atom stereocenters. The molecule has 0 bridgehead atoms. The van der Waals surface area contributed by atoms with Crippen LogP contribution in [0.3, 0.4) is 0 Å². The number of hydrogen-bond acceptors (Lipinski definition) is 4. The van der Waals surface area contributed by atoms with E-state index in [1.54, 1.807) is 12.1 Å². The maximum Gasteiger partial charge on any atom is 0.165 e. The van der Waals surface area contributed by atoms with E-state index in [1.807, 2.05) is 6.20 Å². The Balaban J connectivity index is 1.36. The number of nitrogens with one attached hydrogen (secondary N) is 3. The second-order valence-electron chi connectivity index (χ2n) is 8.93. The summed E-state index contributed by atoms with van der Waals surface area (Å²) in [5.74, 6) is 1.23. The number of fused-ring (bicyclic) bond motifs is 3. The van der Waals surface area contributed by atoms with Gasteiger partial charge in [-0.05, 0) is 55.0 Å². The van der Waals surface area contributed by atoms with Gasteiger partial charge in [0, 0.05) is 41.6 Å². The number of aromatic nitrogens is 3. The van der Waals surface area contributed by atoms with Crippen LogP contribution in [0.2, 0.25) is 0 Å². The molecular weight excluding hydrogens is 419 g/mol. The predicted molar refractivity (Wildman–Crippen MR) is 125 cm³/mol. The number of para-hydroxylation sites is 1. The van der Waals surface area contributed by atoms with E-state index in [4.69, 9.17) is 14.5 Å². The lowest BCUT2D eigenvalue weighted by Crippen LogP contribution is -2.39. The summed E-state index contributed by atoms with van der Waals surface area (Å²) in [5.41, 5.74) is 5.44. The normalized spacial score (nSPS) is 21.3. The fourth-order valence-electron chi connectivity index (χ4n) is 5.35. The number of aromatic amines is 2. The largest absolute Gasteiger partial charge is 0.494 e. The molecule has 6 nitrogen and oxygen atoms in total. The van der Waals surface area contributed by atoms with Crippen molar-refractivity contribution in [1.82, 2.24) is 20.3 Å². The lowest BCUT2D eigenvalue weighted by Gasteiger charge is -2.37. The van der Waals surface area contributed by atoms with Crippen LogP contribution < -0.4 is 10.1 Å². The van der Waals surface area contributed by atoms with Crippen LogP contribution in [0.1, 0.15) is 42.0 Å². The van der Waals surface area contributed by atoms with Crippen molar-refractivity contribution < 1.29 is 13.9 Å². The maximum absolute atomic E-state index is 13.9. The van der Waals surface area contributed by atoms with Gasteiger partial charge in [-0.1, -0.05) is 18.2 Å². The third-order valence-corrected chi connectivity index (χ3v) is 7.06. The molecule has 3 N–H and O–H groups in total. The molecule has 7 heteroatoms. The standard InChI is InChI=1S/C26H27FN4O2/c1-32-23-12-16(6-7-19(23)27)22-14-28-26(31-22)21-13-18-17-4-2-3-5-20(17)29-25(18)24(30-21)15-8-10-33-11-9-15/h2-7,12,14-15,21,24,29-30H,8-11,13H2,1H3,(H,28,31)/t21-,24?/m1/s1. The summed E-state index contributed by atoms with van der Waals surface area (Å²) in [6.45, 7) is 1.61. The van der Waals surface area contributed by atoms with Crippen molar-refractivity contribution in [1.29, 1.82) is 0 Å². The Hall–Kier alpha value is -3.16. The molecule has 0 spiro atoms. The number of H-pyrrole nitrogens is 2. The van der Waals surface area contributed by atoms with E-state index in [9.17, 15) is 4.39 Å². The Morgan fingerprint density at radius 3 is 2.82 bits per heavy atom. The van der Waals surface area contributed by atoms with Gasteiger partial charge >= 0.3 is 0 Å². The van der Waals surface area contributed by atoms with Gasteiger partial charge in [0.2, 0.25) is 0 Å². The van der Waals surface area contributed by atoms with Crippen LogP contribution in [-0.4, -0.2) is 35.3 Å². The van der Waals surface area contributed by atoms with E-state index >= 15 is 0 Å². The van der Waals surface area contributed by atoms with Gasteiger partial charge in [-0.15, -0.1) is 0 Å². The molecule has 2 aliphatic rings. The summed E-state index contributed by atoms with van der Waals surface area (Å²) in [7, 11) is 1.47. The van der Waals surface area contributed by atoms with Crippen molar-refractivity contribution in [3.8, 4) is 17.0 Å². The number of ether oxygens (including phenoxy) is 2. The summed E-state index contributed by atoms with van der Waals surface area (Å²) in [6.07, 6.45) is 4.81. The minimum absolute atomic E-state index is 0.0562. The zero-order valence-electron chi connectivity index (χ0n) is 18.5. The molecule has 0 saturated carbocycles. The maximum atomic E-state index is 13.9. The van der Waals surface area contributed by atoms with Gasteiger partial charge in [-0.25, -0.2) is 9.37 Å². The molecule has 2 aliphatic heterocycles. The van der Waals surface area contributed by atoms with Crippen molar-refractivity contribution in [3.05, 3.63) is 71.6 Å². The van der Waals surface area contributed by atoms with Crippen LogP contribution in [0.4, 0.5) is 4.39 Å². The number of imidazole rings is 1. The molecule has 2 aromatic heterocycles. The number of nitrogens with zero attached hydrogens (tertiary/aromatic N) is 1. The summed E-state index contributed by atoms with van der Waals surface area (Å²) in [6, 6.07) is 13.6. The van der Waals surface area contributed by atoms with Crippen molar-refractivity contribution in [2.75, 3.05) is 20.3 Å². The van der Waals surface area contributed by atoms with Crippen molar-refractivity contribution in [3.63, 3.8) is 0 Å². The highest BCUT2D eigenvalue weighted by molar-refractivity contribution is 5.85. The van der Waals surface area contributed by atoms with Gasteiger partial charge in [-0.2, -0.15) is 0 Å². The topological polar surface area (TPSA) is 75.0 Å². The molecule has 1 saturated heterocycles. The Morgan fingerprint density at radius 2 is 1.97 bits per heavy atom. The number of methoxy groups -OCH3 is 1. The number of rotatable bonds is 4. The zero-order chi connectivity index (χ0) is 22.4. The van der Waals surface area contributed by atoms with Gasteiger partial charge in [0.25, 0.3) is 0 Å². The number of halogens is 1. The third-order valence-electron chi connectivity index (χ3n) is 7.06. The van der Waals surface area contributed by atoms with Gasteiger partial charge in [0.05, 0.1) is 24.9 Å². The van der Waals surface area contributed by atoms with E-state index in [1.165, 1.54) is 35.3 Å². The number of benzene rings is 2. The van der Waals surface area contributed by atoms with Crippen LogP contribution in [-0.2, 0) is 11.2 Å². The monoisotopic (exact) mass is 446 g/mol. The van der Waals surface area contributed by atoms with E-state index in [-0.39, 0.29) is 23.7 Å². The second kappa shape index (κ2) is 8.32. The zero-order valence-corrected chi connectivity index (χ0v) is 18.5. The van der Waals surface area contributed by atoms with Gasteiger partial charge in [-0.3, -0.25) is 5.32 Å². The molecule has 0 aliphatic carbocycles. The lowest BCUT2D eigenvalue weighted by atomic mass is 9.83. The highest BCUT2D eigenvalue weighted by Gasteiger charge is 2.36. The molecule has 170 valence electrons. The number of hydrogen-bond donors (Lipinski definition) is 3. The third kappa shape index (κ3) is 3.61. The van der Waals surface area contributed by atoms with Crippen LogP contribution in [0.25, 0.3) is 22.2 Å².